The van der Waals surface area contributed by atoms with E-state index in [0.717, 1.165) is 23.8 Å². The highest BCUT2D eigenvalue weighted by atomic mass is 15.2. The maximum absolute atomic E-state index is 7.41. The van der Waals surface area contributed by atoms with Crippen LogP contribution in [0, 0.1) is 5.41 Å². The smallest absolute Gasteiger partial charge is 0.243 e. The molecule has 0 unspecified atom stereocenters. The van der Waals surface area contributed by atoms with Gasteiger partial charge in [0.1, 0.15) is 5.82 Å². The first-order valence-corrected chi connectivity index (χ1v) is 4.68. The molecule has 0 aromatic heterocycles. The fraction of sp³-hybridized carbons (Fsp3) is 0.100. The molecular weight excluding hydrogens is 190 g/mol. The van der Waals surface area contributed by atoms with E-state index in [1.54, 1.807) is 6.20 Å². The first-order chi connectivity index (χ1) is 7.34. The van der Waals surface area contributed by atoms with Crippen LogP contribution in [0.25, 0.3) is 17.6 Å². The Kier molecular flexibility index (Phi) is 1.58. The number of aromatic nitrogens is 3. The van der Waals surface area contributed by atoms with Crippen LogP contribution in [-0.2, 0) is 0 Å². The summed E-state index contributed by atoms with van der Waals surface area (Å²) in [5.41, 5.74) is 0.977. The van der Waals surface area contributed by atoms with Crippen LogP contribution < -0.4 is 10.9 Å². The number of fused-ring (bicyclic) bond motifs is 3. The van der Waals surface area contributed by atoms with Crippen molar-refractivity contribution >= 4 is 12.0 Å². The van der Waals surface area contributed by atoms with Crippen molar-refractivity contribution in [2.75, 3.05) is 11.9 Å². The zero-order valence-corrected chi connectivity index (χ0v) is 7.94. The van der Waals surface area contributed by atoms with Gasteiger partial charge < -0.3 is 5.32 Å². The molecule has 0 bridgehead atoms. The number of pyridine rings is 1. The van der Waals surface area contributed by atoms with Crippen molar-refractivity contribution in [3.05, 3.63) is 30.0 Å². The molecule has 0 saturated carbocycles. The molecule has 0 fully saturated rings. The number of rotatable bonds is 0. The lowest BCUT2D eigenvalue weighted by Crippen LogP contribution is -2.18. The van der Waals surface area contributed by atoms with E-state index < -0.39 is 0 Å². The van der Waals surface area contributed by atoms with Crippen molar-refractivity contribution in [3.63, 3.8) is 0 Å². The van der Waals surface area contributed by atoms with Crippen LogP contribution in [0.1, 0.15) is 0 Å². The van der Waals surface area contributed by atoms with Crippen molar-refractivity contribution < 1.29 is 0 Å². The van der Waals surface area contributed by atoms with Crippen LogP contribution in [0.4, 0.5) is 5.82 Å². The van der Waals surface area contributed by atoms with Gasteiger partial charge in [0.25, 0.3) is 0 Å². The molecule has 3 rings (SSSR count). The van der Waals surface area contributed by atoms with Gasteiger partial charge in [0, 0.05) is 24.5 Å². The largest absolute Gasteiger partial charge is 0.368 e. The summed E-state index contributed by atoms with van der Waals surface area (Å²) in [5.74, 6) is 1.75. The molecule has 0 amide bonds. The second-order valence-corrected chi connectivity index (χ2v) is 3.33. The van der Waals surface area contributed by atoms with E-state index >= 15 is 0 Å². The quantitative estimate of drug-likeness (QED) is 0.658. The van der Waals surface area contributed by atoms with Gasteiger partial charge in [-0.2, -0.15) is 4.98 Å². The van der Waals surface area contributed by atoms with Gasteiger partial charge in [0.05, 0.1) is 0 Å². The Bertz CT molecular complexity index is 569. The van der Waals surface area contributed by atoms with E-state index in [4.69, 9.17) is 5.41 Å². The van der Waals surface area contributed by atoms with Crippen LogP contribution in [0.2, 0.25) is 0 Å². The molecule has 3 aliphatic heterocycles. The van der Waals surface area contributed by atoms with E-state index in [2.05, 4.69) is 15.3 Å². The number of nitrogens with one attached hydrogen (secondary N) is 2. The molecule has 3 heterocycles. The highest BCUT2D eigenvalue weighted by Gasteiger charge is 2.11. The lowest BCUT2D eigenvalue weighted by atomic mass is 10.2. The zero-order valence-electron chi connectivity index (χ0n) is 7.94. The third kappa shape index (κ3) is 1.20. The Morgan fingerprint density at radius 2 is 2.33 bits per heavy atom. The molecule has 0 aromatic rings. The molecule has 0 aliphatic carbocycles. The Balaban J connectivity index is 2.40. The normalized spacial score (nSPS) is 13.6. The van der Waals surface area contributed by atoms with E-state index in [1.807, 2.05) is 29.0 Å². The van der Waals surface area contributed by atoms with Crippen molar-refractivity contribution in [2.24, 2.45) is 0 Å². The van der Waals surface area contributed by atoms with Crippen molar-refractivity contribution in [2.45, 2.75) is 0 Å². The fourth-order valence-corrected chi connectivity index (χ4v) is 1.67. The number of hydrogen-bond donors (Lipinski definition) is 2. The Morgan fingerprint density at radius 1 is 1.40 bits per heavy atom. The summed E-state index contributed by atoms with van der Waals surface area (Å²) < 4.78 is 1.93. The molecule has 5 nitrogen and oxygen atoms in total. The van der Waals surface area contributed by atoms with Gasteiger partial charge in [-0.25, -0.2) is 4.98 Å². The molecule has 2 N–H and O–H groups in total. The second kappa shape index (κ2) is 2.91. The maximum atomic E-state index is 7.41. The standard InChI is InChI=1S/C10H9N5/c11-10-13-6-7-2-3-8-12-4-1-5-15(8)9(7)14-10/h1-3,5-6,11-12H,4H2. The topological polar surface area (TPSA) is 66.6 Å². The zero-order chi connectivity index (χ0) is 10.3. The third-order valence-corrected chi connectivity index (χ3v) is 2.36. The fourth-order valence-electron chi connectivity index (χ4n) is 1.67. The summed E-state index contributed by atoms with van der Waals surface area (Å²) in [7, 11) is 0. The molecule has 15 heavy (non-hydrogen) atoms. The Morgan fingerprint density at radius 3 is 3.27 bits per heavy atom. The monoisotopic (exact) mass is 199 g/mol. The van der Waals surface area contributed by atoms with E-state index in [0.29, 0.717) is 0 Å². The minimum Gasteiger partial charge on any atom is -0.368 e. The summed E-state index contributed by atoms with van der Waals surface area (Å²) in [5, 5.41) is 10.6. The third-order valence-electron chi connectivity index (χ3n) is 2.36. The lowest BCUT2D eigenvalue weighted by Gasteiger charge is -2.19. The number of hydrogen-bond acceptors (Lipinski definition) is 4. The van der Waals surface area contributed by atoms with E-state index in [-0.39, 0.29) is 5.62 Å². The van der Waals surface area contributed by atoms with E-state index in [1.165, 1.54) is 0 Å². The second-order valence-electron chi connectivity index (χ2n) is 3.33. The first-order valence-electron chi connectivity index (χ1n) is 4.68. The maximum Gasteiger partial charge on any atom is 0.243 e. The van der Waals surface area contributed by atoms with Crippen molar-refractivity contribution in [3.8, 4) is 11.4 Å². The summed E-state index contributed by atoms with van der Waals surface area (Å²) >= 11 is 0. The van der Waals surface area contributed by atoms with Crippen molar-refractivity contribution in [1.82, 2.24) is 14.5 Å². The van der Waals surface area contributed by atoms with Crippen molar-refractivity contribution in [1.29, 1.82) is 5.41 Å². The molecule has 5 heteroatoms. The van der Waals surface area contributed by atoms with Gasteiger partial charge in [-0.3, -0.25) is 9.98 Å². The lowest BCUT2D eigenvalue weighted by molar-refractivity contribution is 0.918. The molecule has 0 saturated heterocycles. The van der Waals surface area contributed by atoms with Crippen LogP contribution >= 0.6 is 0 Å². The van der Waals surface area contributed by atoms with E-state index in [9.17, 15) is 0 Å². The average molecular weight is 199 g/mol. The molecule has 0 spiro atoms. The average Bonchev–Trinajstić information content (AvgIpc) is 2.29. The van der Waals surface area contributed by atoms with Gasteiger partial charge in [0.2, 0.25) is 5.62 Å². The Hall–Kier alpha value is -2.17. The predicted octanol–water partition coefficient (Wildman–Crippen LogP) is 0.759. The van der Waals surface area contributed by atoms with Gasteiger partial charge in [-0.1, -0.05) is 0 Å². The molecule has 3 aliphatic rings. The van der Waals surface area contributed by atoms with Crippen LogP contribution in [-0.4, -0.2) is 21.1 Å². The highest BCUT2D eigenvalue weighted by molar-refractivity contribution is 5.65. The summed E-state index contributed by atoms with van der Waals surface area (Å²) in [6.45, 7) is 0.824. The highest BCUT2D eigenvalue weighted by Crippen LogP contribution is 2.23. The molecular formula is C10H9N5. The summed E-state index contributed by atoms with van der Waals surface area (Å²) in [6.07, 6.45) is 5.64. The van der Waals surface area contributed by atoms with Gasteiger partial charge >= 0.3 is 0 Å². The predicted molar refractivity (Wildman–Crippen MR) is 56.3 cm³/mol. The molecule has 74 valence electrons. The SMILES string of the molecule is N=c1ncc2ccc3n(c-2n1)C=CCN3. The van der Waals surface area contributed by atoms with Gasteiger partial charge in [0.15, 0.2) is 5.82 Å². The van der Waals surface area contributed by atoms with Crippen LogP contribution in [0.3, 0.4) is 0 Å². The number of nitrogens with zero attached hydrogens (tertiary/aromatic N) is 3. The molecule has 0 atom stereocenters. The molecule has 0 aromatic carbocycles. The van der Waals surface area contributed by atoms with Gasteiger partial charge in [-0.15, -0.1) is 0 Å². The minimum atomic E-state index is 0.0439. The Labute approximate surface area is 86.0 Å². The summed E-state index contributed by atoms with van der Waals surface area (Å²) in [4.78, 5) is 7.97. The minimum absolute atomic E-state index is 0.0439. The molecule has 0 radical (unpaired) electrons. The van der Waals surface area contributed by atoms with Gasteiger partial charge in [-0.05, 0) is 18.2 Å². The first kappa shape index (κ1) is 8.16. The number of anilines is 1. The summed E-state index contributed by atoms with van der Waals surface area (Å²) in [6, 6.07) is 3.94. The van der Waals surface area contributed by atoms with Crippen LogP contribution in [0.15, 0.2) is 24.4 Å². The van der Waals surface area contributed by atoms with Crippen LogP contribution in [0.5, 0.6) is 0 Å².